The summed E-state index contributed by atoms with van der Waals surface area (Å²) in [5.74, 6) is 0.773. The van der Waals surface area contributed by atoms with Crippen molar-refractivity contribution in [2.75, 3.05) is 18.0 Å². The zero-order valence-corrected chi connectivity index (χ0v) is 10.4. The van der Waals surface area contributed by atoms with Crippen molar-refractivity contribution in [3.05, 3.63) is 22.9 Å². The highest BCUT2D eigenvalue weighted by Crippen LogP contribution is 2.28. The molecule has 2 heterocycles. The summed E-state index contributed by atoms with van der Waals surface area (Å²) in [7, 11) is 0. The van der Waals surface area contributed by atoms with E-state index >= 15 is 0 Å². The fourth-order valence-electron chi connectivity index (χ4n) is 2.88. The number of aromatic nitrogens is 1. The minimum Gasteiger partial charge on any atom is -0.391 e. The largest absolute Gasteiger partial charge is 0.391 e. The molecule has 94 valence electrons. The lowest BCUT2D eigenvalue weighted by atomic mass is 9.95. The Labute approximate surface area is 107 Å². The van der Waals surface area contributed by atoms with Gasteiger partial charge in [-0.15, -0.1) is 0 Å². The Balaban J connectivity index is 2.00. The molecule has 1 aromatic rings. The average molecular weight is 243 g/mol. The molecule has 0 spiro atoms. The number of aryl methyl sites for hydroxylation is 2. The minimum atomic E-state index is -0.283. The van der Waals surface area contributed by atoms with Gasteiger partial charge in [0.05, 0.1) is 11.7 Å². The number of β-amino-alcohol motifs (C(OH)–C–C–N with tert-alkyl or cyclic N) is 1. The SMILES string of the molecule is N#Cc1cc2c(nc1N1CC[C@H](O)C1)CCCC2. The molecule has 1 aliphatic carbocycles. The summed E-state index contributed by atoms with van der Waals surface area (Å²) in [6.07, 6.45) is 4.93. The predicted octanol–water partition coefficient (Wildman–Crippen LogP) is 1.40. The van der Waals surface area contributed by atoms with Crippen molar-refractivity contribution in [2.24, 2.45) is 0 Å². The lowest BCUT2D eigenvalue weighted by Gasteiger charge is -2.22. The lowest BCUT2D eigenvalue weighted by molar-refractivity contribution is 0.198. The number of rotatable bonds is 1. The van der Waals surface area contributed by atoms with E-state index in [0.717, 1.165) is 37.3 Å². The van der Waals surface area contributed by atoms with Gasteiger partial charge in [0.25, 0.3) is 0 Å². The Bertz CT molecular complexity index is 506. The monoisotopic (exact) mass is 243 g/mol. The molecule has 0 saturated carbocycles. The number of aliphatic hydroxyl groups excluding tert-OH is 1. The number of aliphatic hydroxyl groups is 1. The molecule has 1 N–H and O–H groups in total. The van der Waals surface area contributed by atoms with Crippen molar-refractivity contribution < 1.29 is 5.11 Å². The molecule has 1 aromatic heterocycles. The first-order valence-electron chi connectivity index (χ1n) is 6.64. The van der Waals surface area contributed by atoms with Crippen molar-refractivity contribution in [1.82, 2.24) is 4.98 Å². The van der Waals surface area contributed by atoms with Crippen LogP contribution in [0.1, 0.15) is 36.1 Å². The van der Waals surface area contributed by atoms with E-state index in [1.54, 1.807) is 0 Å². The van der Waals surface area contributed by atoms with Crippen LogP contribution in [0.5, 0.6) is 0 Å². The van der Waals surface area contributed by atoms with E-state index < -0.39 is 0 Å². The smallest absolute Gasteiger partial charge is 0.146 e. The van der Waals surface area contributed by atoms with Gasteiger partial charge in [-0.05, 0) is 43.7 Å². The third kappa shape index (κ3) is 1.95. The fourth-order valence-corrected chi connectivity index (χ4v) is 2.88. The van der Waals surface area contributed by atoms with Gasteiger partial charge in [0.2, 0.25) is 0 Å². The Hall–Kier alpha value is -1.60. The van der Waals surface area contributed by atoms with Crippen molar-refractivity contribution in [2.45, 2.75) is 38.2 Å². The molecule has 0 radical (unpaired) electrons. The zero-order valence-electron chi connectivity index (χ0n) is 10.4. The molecule has 2 aliphatic rings. The molecule has 1 fully saturated rings. The first-order valence-corrected chi connectivity index (χ1v) is 6.64. The number of nitrogens with zero attached hydrogens (tertiary/aromatic N) is 3. The van der Waals surface area contributed by atoms with E-state index in [2.05, 4.69) is 6.07 Å². The summed E-state index contributed by atoms with van der Waals surface area (Å²) in [4.78, 5) is 6.73. The van der Waals surface area contributed by atoms with Gasteiger partial charge in [-0.25, -0.2) is 4.98 Å². The standard InChI is InChI=1S/C14H17N3O/c15-8-11-7-10-3-1-2-4-13(10)16-14(11)17-6-5-12(18)9-17/h7,12,18H,1-6,9H2/t12-/m0/s1. The van der Waals surface area contributed by atoms with E-state index in [1.165, 1.54) is 18.4 Å². The molecule has 1 aliphatic heterocycles. The van der Waals surface area contributed by atoms with E-state index in [9.17, 15) is 10.4 Å². The van der Waals surface area contributed by atoms with Gasteiger partial charge >= 0.3 is 0 Å². The molecular formula is C14H17N3O. The van der Waals surface area contributed by atoms with Crippen molar-refractivity contribution in [1.29, 1.82) is 5.26 Å². The van der Waals surface area contributed by atoms with Crippen LogP contribution in [0.4, 0.5) is 5.82 Å². The molecule has 18 heavy (non-hydrogen) atoms. The number of hydrogen-bond acceptors (Lipinski definition) is 4. The van der Waals surface area contributed by atoms with Crippen LogP contribution in [0.25, 0.3) is 0 Å². The van der Waals surface area contributed by atoms with Crippen LogP contribution in [0.3, 0.4) is 0 Å². The molecule has 0 amide bonds. The Morgan fingerprint density at radius 2 is 2.22 bits per heavy atom. The van der Waals surface area contributed by atoms with Gasteiger partial charge in [0, 0.05) is 18.8 Å². The summed E-state index contributed by atoms with van der Waals surface area (Å²) in [5, 5.41) is 18.9. The van der Waals surface area contributed by atoms with Gasteiger partial charge in [-0.3, -0.25) is 0 Å². The highest BCUT2D eigenvalue weighted by molar-refractivity contribution is 5.57. The molecule has 4 heteroatoms. The van der Waals surface area contributed by atoms with Gasteiger partial charge in [-0.2, -0.15) is 5.26 Å². The summed E-state index contributed by atoms with van der Waals surface area (Å²) in [6.45, 7) is 1.39. The Morgan fingerprint density at radius 3 is 2.94 bits per heavy atom. The summed E-state index contributed by atoms with van der Waals surface area (Å²) >= 11 is 0. The molecule has 0 unspecified atom stereocenters. The Kier molecular flexibility index (Phi) is 2.92. The van der Waals surface area contributed by atoms with Crippen LogP contribution in [0, 0.1) is 11.3 Å². The average Bonchev–Trinajstić information content (AvgIpc) is 2.83. The molecular weight excluding hydrogens is 226 g/mol. The predicted molar refractivity (Wildman–Crippen MR) is 68.4 cm³/mol. The normalized spacial score (nSPS) is 22.7. The molecule has 4 nitrogen and oxygen atoms in total. The number of hydrogen-bond donors (Lipinski definition) is 1. The van der Waals surface area contributed by atoms with Crippen LogP contribution < -0.4 is 4.90 Å². The first-order chi connectivity index (χ1) is 8.78. The highest BCUT2D eigenvalue weighted by Gasteiger charge is 2.25. The maximum absolute atomic E-state index is 9.61. The van der Waals surface area contributed by atoms with Gasteiger partial charge in [0.1, 0.15) is 11.9 Å². The third-order valence-electron chi connectivity index (χ3n) is 3.86. The van der Waals surface area contributed by atoms with Crippen molar-refractivity contribution >= 4 is 5.82 Å². The van der Waals surface area contributed by atoms with Crippen LogP contribution >= 0.6 is 0 Å². The third-order valence-corrected chi connectivity index (χ3v) is 3.86. The van der Waals surface area contributed by atoms with E-state index in [1.807, 2.05) is 11.0 Å². The number of fused-ring (bicyclic) bond motifs is 1. The van der Waals surface area contributed by atoms with Crippen molar-refractivity contribution in [3.8, 4) is 6.07 Å². The molecule has 0 bridgehead atoms. The van der Waals surface area contributed by atoms with E-state index in [-0.39, 0.29) is 6.10 Å². The number of pyridine rings is 1. The van der Waals surface area contributed by atoms with Crippen molar-refractivity contribution in [3.63, 3.8) is 0 Å². The van der Waals surface area contributed by atoms with Crippen LogP contribution in [-0.4, -0.2) is 29.3 Å². The summed E-state index contributed by atoms with van der Waals surface area (Å²) in [6, 6.07) is 4.25. The second kappa shape index (κ2) is 4.58. The summed E-state index contributed by atoms with van der Waals surface area (Å²) in [5.41, 5.74) is 3.04. The fraction of sp³-hybridized carbons (Fsp3) is 0.571. The number of nitriles is 1. The minimum absolute atomic E-state index is 0.283. The van der Waals surface area contributed by atoms with Crippen LogP contribution in [0.15, 0.2) is 6.07 Å². The zero-order chi connectivity index (χ0) is 12.5. The van der Waals surface area contributed by atoms with E-state index in [4.69, 9.17) is 4.98 Å². The second-order valence-corrected chi connectivity index (χ2v) is 5.17. The van der Waals surface area contributed by atoms with Gasteiger partial charge in [-0.1, -0.05) is 0 Å². The highest BCUT2D eigenvalue weighted by atomic mass is 16.3. The van der Waals surface area contributed by atoms with Crippen LogP contribution in [0.2, 0.25) is 0 Å². The molecule has 1 saturated heterocycles. The molecule has 0 aromatic carbocycles. The lowest BCUT2D eigenvalue weighted by Crippen LogP contribution is -2.24. The van der Waals surface area contributed by atoms with Gasteiger partial charge < -0.3 is 10.0 Å². The molecule has 3 rings (SSSR count). The van der Waals surface area contributed by atoms with Gasteiger partial charge in [0.15, 0.2) is 0 Å². The topological polar surface area (TPSA) is 60.2 Å². The number of anilines is 1. The Morgan fingerprint density at radius 1 is 1.39 bits per heavy atom. The van der Waals surface area contributed by atoms with Crippen LogP contribution in [-0.2, 0) is 12.8 Å². The molecule has 1 atom stereocenters. The second-order valence-electron chi connectivity index (χ2n) is 5.17. The first kappa shape index (κ1) is 11.5. The maximum Gasteiger partial charge on any atom is 0.146 e. The summed E-state index contributed by atoms with van der Waals surface area (Å²) < 4.78 is 0. The quantitative estimate of drug-likeness (QED) is 0.810. The van der Waals surface area contributed by atoms with E-state index in [0.29, 0.717) is 12.1 Å². The maximum atomic E-state index is 9.61.